The second-order valence-electron chi connectivity index (χ2n) is 7.00. The van der Waals surface area contributed by atoms with E-state index in [0.29, 0.717) is 5.57 Å². The number of thioether (sulfide) groups is 1. The van der Waals surface area contributed by atoms with Crippen LogP contribution in [0.1, 0.15) is 6.92 Å². The van der Waals surface area contributed by atoms with Crippen LogP contribution in [0.15, 0.2) is 47.8 Å². The van der Waals surface area contributed by atoms with Crippen molar-refractivity contribution in [1.82, 2.24) is 14.8 Å². The Kier molecular flexibility index (Phi) is 5.25. The number of aromatic nitrogens is 1. The first-order valence-electron chi connectivity index (χ1n) is 9.23. The number of benzene rings is 1. The lowest BCUT2D eigenvalue weighted by atomic mass is 10.0. The minimum Gasteiger partial charge on any atom is -0.477 e. The maximum absolute atomic E-state index is 12.6. The fraction of sp³-hybridized carbons (Fsp3) is 0.300. The van der Waals surface area contributed by atoms with Gasteiger partial charge in [-0.3, -0.25) is 19.3 Å². The van der Waals surface area contributed by atoms with Gasteiger partial charge in [-0.05, 0) is 17.5 Å². The summed E-state index contributed by atoms with van der Waals surface area (Å²) in [7, 11) is 0. The number of carboxylic acid groups (broad SMARTS) is 1. The first kappa shape index (κ1) is 20.0. The van der Waals surface area contributed by atoms with E-state index in [1.54, 1.807) is 10.8 Å². The Morgan fingerprint density at radius 1 is 1.27 bits per heavy atom. The second kappa shape index (κ2) is 7.86. The van der Waals surface area contributed by atoms with Crippen LogP contribution in [-0.2, 0) is 30.5 Å². The molecule has 2 aliphatic rings. The van der Waals surface area contributed by atoms with Crippen LogP contribution in [0.4, 0.5) is 0 Å². The molecule has 156 valence electrons. The van der Waals surface area contributed by atoms with Crippen LogP contribution < -0.4 is 5.32 Å². The Balaban J connectivity index is 1.45. The van der Waals surface area contributed by atoms with Gasteiger partial charge in [0.25, 0.3) is 5.91 Å². The van der Waals surface area contributed by atoms with Crippen molar-refractivity contribution in [3.05, 3.63) is 47.8 Å². The topological polar surface area (TPSA) is 118 Å². The molecule has 3 heterocycles. The van der Waals surface area contributed by atoms with E-state index < -0.39 is 29.3 Å². The molecule has 2 aliphatic heterocycles. The fourth-order valence-electron chi connectivity index (χ4n) is 3.64. The number of hydrogen-bond donors (Lipinski definition) is 2. The molecule has 0 saturated carbocycles. The Morgan fingerprint density at radius 2 is 2.03 bits per heavy atom. The Bertz CT molecular complexity index is 1090. The minimum absolute atomic E-state index is 0.0496. The van der Waals surface area contributed by atoms with Crippen molar-refractivity contribution in [2.45, 2.75) is 24.9 Å². The van der Waals surface area contributed by atoms with Gasteiger partial charge in [0, 0.05) is 30.0 Å². The Hall–Kier alpha value is -3.27. The summed E-state index contributed by atoms with van der Waals surface area (Å²) < 4.78 is 6.70. The van der Waals surface area contributed by atoms with Gasteiger partial charge in [0.1, 0.15) is 30.3 Å². The smallest absolute Gasteiger partial charge is 0.352 e. The van der Waals surface area contributed by atoms with E-state index in [0.717, 1.165) is 15.8 Å². The monoisotopic (exact) mass is 429 g/mol. The highest BCUT2D eigenvalue weighted by molar-refractivity contribution is 8.00. The molecule has 10 heteroatoms. The number of nitrogens with zero attached hydrogens (tertiary/aromatic N) is 2. The van der Waals surface area contributed by atoms with Crippen LogP contribution in [0.5, 0.6) is 0 Å². The number of para-hydroxylation sites is 1. The summed E-state index contributed by atoms with van der Waals surface area (Å²) in [5.41, 5.74) is 1.09. The zero-order chi connectivity index (χ0) is 21.4. The van der Waals surface area contributed by atoms with Crippen molar-refractivity contribution in [3.63, 3.8) is 0 Å². The standard InChI is InChI=1S/C20H19N3O6S/c1-11(24)29-9-13-10-30-19-16(18(26)23(19)17(13)20(27)28)21-15(25)8-22-7-6-12-4-2-3-5-14(12)22/h2-7,16,19H,8-10H2,1H3,(H,21,25)(H,27,28). The molecule has 1 aromatic heterocycles. The van der Waals surface area contributed by atoms with Crippen LogP contribution in [0.3, 0.4) is 0 Å². The lowest BCUT2D eigenvalue weighted by Crippen LogP contribution is -2.70. The zero-order valence-corrected chi connectivity index (χ0v) is 16.8. The number of carboxylic acids is 1. The highest BCUT2D eigenvalue weighted by Gasteiger charge is 2.54. The maximum Gasteiger partial charge on any atom is 0.352 e. The molecule has 1 aromatic carbocycles. The molecule has 0 radical (unpaired) electrons. The summed E-state index contributed by atoms with van der Waals surface area (Å²) in [5.74, 6) is -2.33. The SMILES string of the molecule is CC(=O)OCC1=C(C(=O)O)N2C(=O)C(NC(=O)Cn3ccc4ccccc43)C2SC1. The number of rotatable bonds is 6. The largest absolute Gasteiger partial charge is 0.477 e. The van der Waals surface area contributed by atoms with E-state index >= 15 is 0 Å². The summed E-state index contributed by atoms with van der Waals surface area (Å²) in [6.07, 6.45) is 1.81. The number of fused-ring (bicyclic) bond motifs is 2. The molecular weight excluding hydrogens is 410 g/mol. The van der Waals surface area contributed by atoms with E-state index in [-0.39, 0.29) is 30.5 Å². The highest BCUT2D eigenvalue weighted by atomic mass is 32.2. The molecule has 0 bridgehead atoms. The van der Waals surface area contributed by atoms with Crippen LogP contribution in [0.2, 0.25) is 0 Å². The predicted octanol–water partition coefficient (Wildman–Crippen LogP) is 0.943. The molecule has 1 saturated heterocycles. The highest BCUT2D eigenvalue weighted by Crippen LogP contribution is 2.40. The van der Waals surface area contributed by atoms with Crippen molar-refractivity contribution in [1.29, 1.82) is 0 Å². The van der Waals surface area contributed by atoms with Crippen LogP contribution in [0, 0.1) is 0 Å². The molecule has 30 heavy (non-hydrogen) atoms. The number of aliphatic carboxylic acids is 1. The van der Waals surface area contributed by atoms with Gasteiger partial charge in [0.15, 0.2) is 0 Å². The van der Waals surface area contributed by atoms with Gasteiger partial charge in [-0.15, -0.1) is 11.8 Å². The molecule has 9 nitrogen and oxygen atoms in total. The van der Waals surface area contributed by atoms with Gasteiger partial charge in [0.2, 0.25) is 5.91 Å². The third-order valence-corrected chi connectivity index (χ3v) is 6.35. The number of amides is 2. The number of nitrogens with one attached hydrogen (secondary N) is 1. The molecular formula is C20H19N3O6S. The molecule has 2 unspecified atom stereocenters. The molecule has 0 spiro atoms. The van der Waals surface area contributed by atoms with E-state index in [1.165, 1.54) is 18.7 Å². The van der Waals surface area contributed by atoms with Gasteiger partial charge < -0.3 is 19.7 Å². The summed E-state index contributed by atoms with van der Waals surface area (Å²) >= 11 is 1.33. The Morgan fingerprint density at radius 3 is 2.77 bits per heavy atom. The average Bonchev–Trinajstić information content (AvgIpc) is 3.12. The summed E-state index contributed by atoms with van der Waals surface area (Å²) in [6.45, 7) is 1.10. The van der Waals surface area contributed by atoms with E-state index in [9.17, 15) is 24.3 Å². The number of ether oxygens (including phenoxy) is 1. The number of hydrogen-bond acceptors (Lipinski definition) is 6. The van der Waals surface area contributed by atoms with Gasteiger partial charge >= 0.3 is 11.9 Å². The lowest BCUT2D eigenvalue weighted by Gasteiger charge is -2.49. The lowest BCUT2D eigenvalue weighted by molar-refractivity contribution is -0.151. The average molecular weight is 429 g/mol. The van der Waals surface area contributed by atoms with Gasteiger partial charge in [-0.2, -0.15) is 0 Å². The fourth-order valence-corrected chi connectivity index (χ4v) is 4.96. The van der Waals surface area contributed by atoms with E-state index in [2.05, 4.69) is 5.32 Å². The summed E-state index contributed by atoms with van der Waals surface area (Å²) in [4.78, 5) is 49.1. The van der Waals surface area contributed by atoms with Gasteiger partial charge in [0.05, 0.1) is 0 Å². The summed E-state index contributed by atoms with van der Waals surface area (Å²) in [6, 6.07) is 8.76. The van der Waals surface area contributed by atoms with Crippen molar-refractivity contribution >= 4 is 46.4 Å². The first-order chi connectivity index (χ1) is 14.4. The number of β-lactam (4-membered cyclic amide) rings is 1. The zero-order valence-electron chi connectivity index (χ0n) is 16.0. The quantitative estimate of drug-likeness (QED) is 0.518. The normalized spacial score (nSPS) is 20.6. The number of carbonyl (C=O) groups is 4. The molecule has 4 rings (SSSR count). The molecule has 2 N–H and O–H groups in total. The Labute approximate surface area is 175 Å². The molecule has 1 fully saturated rings. The van der Waals surface area contributed by atoms with Crippen LogP contribution >= 0.6 is 11.8 Å². The molecule has 0 aliphatic carbocycles. The van der Waals surface area contributed by atoms with Crippen molar-refractivity contribution in [2.75, 3.05) is 12.4 Å². The van der Waals surface area contributed by atoms with E-state index in [1.807, 2.05) is 30.3 Å². The second-order valence-corrected chi connectivity index (χ2v) is 8.10. The van der Waals surface area contributed by atoms with Crippen molar-refractivity contribution in [3.8, 4) is 0 Å². The first-order valence-corrected chi connectivity index (χ1v) is 10.3. The van der Waals surface area contributed by atoms with Gasteiger partial charge in [-0.25, -0.2) is 4.79 Å². The van der Waals surface area contributed by atoms with Gasteiger partial charge in [-0.1, -0.05) is 18.2 Å². The molecule has 2 aromatic rings. The van der Waals surface area contributed by atoms with Crippen molar-refractivity contribution < 1.29 is 29.0 Å². The van der Waals surface area contributed by atoms with Crippen LogP contribution in [0.25, 0.3) is 10.9 Å². The summed E-state index contributed by atoms with van der Waals surface area (Å²) in [5, 5.41) is 12.8. The van der Waals surface area contributed by atoms with E-state index in [4.69, 9.17) is 4.74 Å². The molecule has 2 atom stereocenters. The minimum atomic E-state index is -1.26. The maximum atomic E-state index is 12.6. The third kappa shape index (κ3) is 3.54. The number of carbonyl (C=O) groups excluding carboxylic acids is 3. The number of esters is 1. The third-order valence-electron chi connectivity index (χ3n) is 5.01. The molecule has 2 amide bonds. The van der Waals surface area contributed by atoms with Crippen molar-refractivity contribution in [2.24, 2.45) is 0 Å². The van der Waals surface area contributed by atoms with Crippen LogP contribution in [-0.4, -0.2) is 62.1 Å². The predicted molar refractivity (Wildman–Crippen MR) is 108 cm³/mol.